The molecule has 1 nitrogen and oxygen atoms in total. The summed E-state index contributed by atoms with van der Waals surface area (Å²) in [5.41, 5.74) is 1.35. The Morgan fingerprint density at radius 3 is 2.25 bits per heavy atom. The van der Waals surface area contributed by atoms with Crippen molar-refractivity contribution < 1.29 is 0 Å². The molecule has 1 rings (SSSR count). The van der Waals surface area contributed by atoms with Crippen LogP contribution in [0.1, 0.15) is 27.7 Å². The third-order valence-electron chi connectivity index (χ3n) is 3.37. The zero-order chi connectivity index (χ0) is 9.41. The summed E-state index contributed by atoms with van der Waals surface area (Å²) in [6.07, 6.45) is 6.47. The first-order valence-corrected chi connectivity index (χ1v) is 4.32. The van der Waals surface area contributed by atoms with Crippen LogP contribution < -0.4 is 0 Å². The van der Waals surface area contributed by atoms with Gasteiger partial charge in [0.15, 0.2) is 0 Å². The van der Waals surface area contributed by atoms with E-state index in [0.29, 0.717) is 0 Å². The van der Waals surface area contributed by atoms with Gasteiger partial charge in [0.05, 0.1) is 5.54 Å². The van der Waals surface area contributed by atoms with Crippen molar-refractivity contribution in [3.05, 3.63) is 23.8 Å². The van der Waals surface area contributed by atoms with Crippen LogP contribution in [0.2, 0.25) is 0 Å². The van der Waals surface area contributed by atoms with Crippen LogP contribution >= 0.6 is 0 Å². The molecule has 0 saturated heterocycles. The van der Waals surface area contributed by atoms with E-state index in [2.05, 4.69) is 57.6 Å². The normalized spacial score (nSPS) is 40.8. The summed E-state index contributed by atoms with van der Waals surface area (Å²) in [6, 6.07) is 0. The highest BCUT2D eigenvalue weighted by Gasteiger charge is 2.47. The quantitative estimate of drug-likeness (QED) is 0.438. The van der Waals surface area contributed by atoms with Gasteiger partial charge in [-0.25, -0.2) is 0 Å². The molecular formula is C11H17N. The van der Waals surface area contributed by atoms with E-state index in [-0.39, 0.29) is 11.0 Å². The van der Waals surface area contributed by atoms with Crippen LogP contribution in [0.25, 0.3) is 0 Å². The first-order valence-electron chi connectivity index (χ1n) is 4.32. The highest BCUT2D eigenvalue weighted by molar-refractivity contribution is 5.43. The molecule has 1 aliphatic carbocycles. The SMILES string of the molecule is C=NC1(C)C=CC1(C)/C(C)=C/C. The lowest BCUT2D eigenvalue weighted by molar-refractivity contribution is 0.291. The Kier molecular flexibility index (Phi) is 1.99. The number of aliphatic imine (C=N–C) groups is 1. The van der Waals surface area contributed by atoms with Crippen LogP contribution in [-0.4, -0.2) is 12.3 Å². The molecular weight excluding hydrogens is 146 g/mol. The molecule has 1 aliphatic rings. The summed E-state index contributed by atoms with van der Waals surface area (Å²) in [6.45, 7) is 12.2. The first-order chi connectivity index (χ1) is 5.50. The lowest BCUT2D eigenvalue weighted by Crippen LogP contribution is -2.46. The molecule has 0 aliphatic heterocycles. The summed E-state index contributed by atoms with van der Waals surface area (Å²) < 4.78 is 0. The van der Waals surface area contributed by atoms with Crippen LogP contribution in [0.15, 0.2) is 28.8 Å². The Morgan fingerprint density at radius 1 is 1.42 bits per heavy atom. The van der Waals surface area contributed by atoms with Crippen molar-refractivity contribution in [3.63, 3.8) is 0 Å². The Morgan fingerprint density at radius 2 is 2.00 bits per heavy atom. The topological polar surface area (TPSA) is 12.4 Å². The standard InChI is InChI=1S/C11H17N/c1-6-9(2)10(3)7-8-11(10,4)12-5/h6-8H,5H2,1-4H3/b9-6+. The van der Waals surface area contributed by atoms with E-state index in [1.807, 2.05) is 0 Å². The summed E-state index contributed by atoms with van der Waals surface area (Å²) in [4.78, 5) is 4.17. The fourth-order valence-corrected chi connectivity index (χ4v) is 1.62. The number of hydrogen-bond donors (Lipinski definition) is 0. The third-order valence-corrected chi connectivity index (χ3v) is 3.37. The molecule has 0 spiro atoms. The Labute approximate surface area is 74.9 Å². The van der Waals surface area contributed by atoms with Gasteiger partial charge in [0.2, 0.25) is 0 Å². The molecule has 0 N–H and O–H groups in total. The molecule has 66 valence electrons. The second kappa shape index (κ2) is 2.58. The molecule has 0 amide bonds. The van der Waals surface area contributed by atoms with Gasteiger partial charge in [-0.15, -0.1) is 0 Å². The average Bonchev–Trinajstić information content (AvgIpc) is 2.11. The zero-order valence-electron chi connectivity index (χ0n) is 8.39. The van der Waals surface area contributed by atoms with Crippen molar-refractivity contribution in [3.8, 4) is 0 Å². The molecule has 2 unspecified atom stereocenters. The van der Waals surface area contributed by atoms with Gasteiger partial charge < -0.3 is 0 Å². The van der Waals surface area contributed by atoms with E-state index in [9.17, 15) is 0 Å². The van der Waals surface area contributed by atoms with Crippen LogP contribution in [-0.2, 0) is 0 Å². The minimum atomic E-state index is -0.0937. The minimum absolute atomic E-state index is 0.0868. The van der Waals surface area contributed by atoms with Crippen molar-refractivity contribution in [2.75, 3.05) is 0 Å². The zero-order valence-corrected chi connectivity index (χ0v) is 8.39. The van der Waals surface area contributed by atoms with E-state index >= 15 is 0 Å². The first kappa shape index (κ1) is 9.24. The Balaban J connectivity index is 3.06. The number of hydrogen-bond acceptors (Lipinski definition) is 1. The maximum Gasteiger partial charge on any atom is 0.0877 e. The molecule has 2 atom stereocenters. The summed E-state index contributed by atoms with van der Waals surface area (Å²) in [5, 5.41) is 0. The van der Waals surface area contributed by atoms with Crippen molar-refractivity contribution in [2.24, 2.45) is 10.4 Å². The summed E-state index contributed by atoms with van der Waals surface area (Å²) in [5.74, 6) is 0. The predicted molar refractivity (Wildman–Crippen MR) is 54.6 cm³/mol. The lowest BCUT2D eigenvalue weighted by atomic mass is 9.60. The van der Waals surface area contributed by atoms with Crippen LogP contribution in [0.3, 0.4) is 0 Å². The number of nitrogens with zero attached hydrogens (tertiary/aromatic N) is 1. The predicted octanol–water partition coefficient (Wildman–Crippen LogP) is 2.99. The Bertz CT molecular complexity index is 262. The molecule has 0 radical (unpaired) electrons. The van der Waals surface area contributed by atoms with E-state index in [1.165, 1.54) is 5.57 Å². The van der Waals surface area contributed by atoms with Crippen LogP contribution in [0.4, 0.5) is 0 Å². The van der Waals surface area contributed by atoms with Gasteiger partial charge in [0.1, 0.15) is 0 Å². The molecule has 0 aromatic carbocycles. The fraction of sp³-hybridized carbons (Fsp3) is 0.545. The van der Waals surface area contributed by atoms with Gasteiger partial charge in [-0.2, -0.15) is 0 Å². The van der Waals surface area contributed by atoms with Crippen molar-refractivity contribution in [1.82, 2.24) is 0 Å². The molecule has 0 heterocycles. The van der Waals surface area contributed by atoms with Gasteiger partial charge in [-0.1, -0.05) is 23.8 Å². The largest absolute Gasteiger partial charge is 0.289 e. The van der Waals surface area contributed by atoms with E-state index < -0.39 is 0 Å². The maximum absolute atomic E-state index is 4.17. The average molecular weight is 163 g/mol. The fourth-order valence-electron chi connectivity index (χ4n) is 1.62. The molecule has 12 heavy (non-hydrogen) atoms. The molecule has 0 aromatic heterocycles. The van der Waals surface area contributed by atoms with Crippen molar-refractivity contribution >= 4 is 6.72 Å². The number of allylic oxidation sites excluding steroid dienone is 1. The van der Waals surface area contributed by atoms with Crippen LogP contribution in [0, 0.1) is 5.41 Å². The molecule has 0 fully saturated rings. The summed E-state index contributed by atoms with van der Waals surface area (Å²) in [7, 11) is 0. The molecule has 0 bridgehead atoms. The van der Waals surface area contributed by atoms with Gasteiger partial charge in [0.25, 0.3) is 0 Å². The van der Waals surface area contributed by atoms with Crippen molar-refractivity contribution in [2.45, 2.75) is 33.2 Å². The molecule has 0 aromatic rings. The molecule has 0 saturated carbocycles. The monoisotopic (exact) mass is 163 g/mol. The lowest BCUT2D eigenvalue weighted by Gasteiger charge is -2.48. The second-order valence-electron chi connectivity index (χ2n) is 3.81. The van der Waals surface area contributed by atoms with Crippen LogP contribution in [0.5, 0.6) is 0 Å². The van der Waals surface area contributed by atoms with E-state index in [1.54, 1.807) is 0 Å². The summed E-state index contributed by atoms with van der Waals surface area (Å²) >= 11 is 0. The van der Waals surface area contributed by atoms with E-state index in [4.69, 9.17) is 0 Å². The number of rotatable bonds is 2. The molecule has 1 heteroatoms. The van der Waals surface area contributed by atoms with Gasteiger partial charge in [-0.3, -0.25) is 4.99 Å². The van der Waals surface area contributed by atoms with Crippen molar-refractivity contribution in [1.29, 1.82) is 0 Å². The maximum atomic E-state index is 4.17. The highest BCUT2D eigenvalue weighted by atomic mass is 14.9. The minimum Gasteiger partial charge on any atom is -0.289 e. The third kappa shape index (κ3) is 0.889. The van der Waals surface area contributed by atoms with E-state index in [0.717, 1.165) is 0 Å². The second-order valence-corrected chi connectivity index (χ2v) is 3.81. The van der Waals surface area contributed by atoms with Gasteiger partial charge >= 0.3 is 0 Å². The highest BCUT2D eigenvalue weighted by Crippen LogP contribution is 2.50. The Hall–Kier alpha value is -0.850. The smallest absolute Gasteiger partial charge is 0.0877 e. The van der Waals surface area contributed by atoms with Gasteiger partial charge in [0, 0.05) is 5.41 Å². The van der Waals surface area contributed by atoms with Gasteiger partial charge in [-0.05, 0) is 34.4 Å².